The van der Waals surface area contributed by atoms with Crippen molar-refractivity contribution in [1.82, 2.24) is 25.0 Å². The summed E-state index contributed by atoms with van der Waals surface area (Å²) >= 11 is 0. The summed E-state index contributed by atoms with van der Waals surface area (Å²) in [5, 5.41) is 20.1. The number of hydrogen-bond donors (Lipinski definition) is 2. The third-order valence-electron chi connectivity index (χ3n) is 3.51. The monoisotopic (exact) mass is 337 g/mol. The molecular formula is C17H15N5O3. The van der Waals surface area contributed by atoms with Crippen molar-refractivity contribution in [3.8, 4) is 0 Å². The van der Waals surface area contributed by atoms with E-state index in [1.54, 1.807) is 29.1 Å². The van der Waals surface area contributed by atoms with Gasteiger partial charge in [0.25, 0.3) is 0 Å². The largest absolute Gasteiger partial charge is 0.504 e. The van der Waals surface area contributed by atoms with Gasteiger partial charge in [-0.05, 0) is 18.6 Å². The van der Waals surface area contributed by atoms with Crippen LogP contribution in [0.5, 0.6) is 0 Å². The molecule has 2 aromatic heterocycles. The van der Waals surface area contributed by atoms with E-state index in [-0.39, 0.29) is 23.1 Å². The minimum atomic E-state index is -0.451. The molecule has 0 amide bonds. The first kappa shape index (κ1) is 16.3. The number of Topliss-reactive ketones (excluding diaryl/α,β-unsaturated/α-hetero) is 1. The number of aromatic amines is 1. The summed E-state index contributed by atoms with van der Waals surface area (Å²) in [6, 6.07) is 8.76. The van der Waals surface area contributed by atoms with Crippen LogP contribution in [-0.4, -0.2) is 41.6 Å². The number of carbonyl (C=O) groups excluding carboxylic acids is 2. The van der Waals surface area contributed by atoms with E-state index in [4.69, 9.17) is 0 Å². The predicted octanol–water partition coefficient (Wildman–Crippen LogP) is 2.03. The maximum Gasteiger partial charge on any atom is 0.215 e. The van der Waals surface area contributed by atoms with Crippen LogP contribution in [-0.2, 0) is 6.54 Å². The van der Waals surface area contributed by atoms with Crippen LogP contribution >= 0.6 is 0 Å². The highest BCUT2D eigenvalue weighted by molar-refractivity contribution is 6.06. The molecule has 0 aliphatic heterocycles. The Labute approximate surface area is 142 Å². The van der Waals surface area contributed by atoms with Crippen LogP contribution < -0.4 is 0 Å². The molecule has 0 radical (unpaired) electrons. The van der Waals surface area contributed by atoms with Crippen LogP contribution in [0.25, 0.3) is 5.76 Å². The number of aliphatic hydroxyl groups excluding tert-OH is 1. The third-order valence-corrected chi connectivity index (χ3v) is 3.51. The van der Waals surface area contributed by atoms with Gasteiger partial charge in [0.05, 0.1) is 6.54 Å². The van der Waals surface area contributed by atoms with Gasteiger partial charge in [0.15, 0.2) is 11.5 Å². The quantitative estimate of drug-likeness (QED) is 0.404. The van der Waals surface area contributed by atoms with E-state index < -0.39 is 5.78 Å². The summed E-state index contributed by atoms with van der Waals surface area (Å²) in [7, 11) is 0. The lowest BCUT2D eigenvalue weighted by Crippen LogP contribution is -2.04. The van der Waals surface area contributed by atoms with E-state index in [0.29, 0.717) is 12.1 Å². The maximum absolute atomic E-state index is 12.1. The van der Waals surface area contributed by atoms with Gasteiger partial charge in [-0.3, -0.25) is 19.4 Å². The first-order valence-corrected chi connectivity index (χ1v) is 7.47. The Bertz CT molecular complexity index is 924. The van der Waals surface area contributed by atoms with Crippen molar-refractivity contribution in [2.45, 2.75) is 13.5 Å². The number of nitrogens with one attached hydrogen (secondary N) is 1. The van der Waals surface area contributed by atoms with Gasteiger partial charge in [0.1, 0.15) is 12.0 Å². The number of ketones is 2. The van der Waals surface area contributed by atoms with Crippen molar-refractivity contribution >= 4 is 17.3 Å². The molecule has 25 heavy (non-hydrogen) atoms. The van der Waals surface area contributed by atoms with Gasteiger partial charge < -0.3 is 5.11 Å². The number of aliphatic hydroxyl groups is 1. The molecular weight excluding hydrogens is 322 g/mol. The van der Waals surface area contributed by atoms with Crippen LogP contribution in [0.15, 0.2) is 48.9 Å². The summed E-state index contributed by atoms with van der Waals surface area (Å²) in [6.45, 7) is 1.98. The Morgan fingerprint density at radius 3 is 2.64 bits per heavy atom. The van der Waals surface area contributed by atoms with Crippen LogP contribution in [0.4, 0.5) is 0 Å². The van der Waals surface area contributed by atoms with E-state index >= 15 is 0 Å². The van der Waals surface area contributed by atoms with Crippen molar-refractivity contribution in [2.24, 2.45) is 0 Å². The second-order valence-electron chi connectivity index (χ2n) is 5.37. The molecule has 0 aliphatic rings. The van der Waals surface area contributed by atoms with Gasteiger partial charge >= 0.3 is 0 Å². The lowest BCUT2D eigenvalue weighted by Gasteiger charge is -2.03. The van der Waals surface area contributed by atoms with Crippen molar-refractivity contribution < 1.29 is 14.7 Å². The van der Waals surface area contributed by atoms with Gasteiger partial charge in [-0.2, -0.15) is 10.2 Å². The predicted molar refractivity (Wildman–Crippen MR) is 89.1 cm³/mol. The number of nitrogens with zero attached hydrogens (tertiary/aromatic N) is 4. The van der Waals surface area contributed by atoms with E-state index in [1.807, 2.05) is 12.1 Å². The Morgan fingerprint density at radius 1 is 1.24 bits per heavy atom. The summed E-state index contributed by atoms with van der Waals surface area (Å²) < 4.78 is 1.60. The van der Waals surface area contributed by atoms with E-state index in [2.05, 4.69) is 20.3 Å². The number of hydrogen-bond acceptors (Lipinski definition) is 6. The average molecular weight is 337 g/mol. The van der Waals surface area contributed by atoms with E-state index in [0.717, 1.165) is 11.6 Å². The summed E-state index contributed by atoms with van der Waals surface area (Å²) in [4.78, 5) is 27.2. The van der Waals surface area contributed by atoms with Crippen molar-refractivity contribution in [3.63, 3.8) is 0 Å². The molecule has 0 bridgehead atoms. The molecule has 0 saturated heterocycles. The SMILES string of the molecule is CC(=O)c1ccc(Cn2ccc(C(=O)C=C(O)c3nc[nH]n3)n2)cc1. The molecule has 1 aromatic carbocycles. The zero-order valence-electron chi connectivity index (χ0n) is 13.4. The Hall–Kier alpha value is -3.55. The zero-order chi connectivity index (χ0) is 17.8. The molecule has 0 spiro atoms. The lowest BCUT2D eigenvalue weighted by atomic mass is 10.1. The fourth-order valence-electron chi connectivity index (χ4n) is 2.21. The molecule has 8 heteroatoms. The van der Waals surface area contributed by atoms with Gasteiger partial charge in [-0.1, -0.05) is 24.3 Å². The van der Waals surface area contributed by atoms with Gasteiger partial charge in [-0.25, -0.2) is 4.98 Å². The highest BCUT2D eigenvalue weighted by Gasteiger charge is 2.11. The fraction of sp³-hybridized carbons (Fsp3) is 0.118. The number of allylic oxidation sites excluding steroid dienone is 1. The lowest BCUT2D eigenvalue weighted by molar-refractivity contribution is 0.101. The van der Waals surface area contributed by atoms with E-state index in [1.165, 1.54) is 13.3 Å². The van der Waals surface area contributed by atoms with Crippen molar-refractivity contribution in [1.29, 1.82) is 0 Å². The van der Waals surface area contributed by atoms with Gasteiger partial charge in [0.2, 0.25) is 11.6 Å². The molecule has 3 rings (SSSR count). The fourth-order valence-corrected chi connectivity index (χ4v) is 2.21. The summed E-state index contributed by atoms with van der Waals surface area (Å²) in [5.41, 5.74) is 1.79. The number of aromatic nitrogens is 5. The minimum absolute atomic E-state index is 0.0107. The number of benzene rings is 1. The highest BCUT2D eigenvalue weighted by atomic mass is 16.3. The van der Waals surface area contributed by atoms with Crippen LogP contribution in [0.3, 0.4) is 0 Å². The van der Waals surface area contributed by atoms with Crippen LogP contribution in [0.1, 0.15) is 39.2 Å². The molecule has 0 atom stereocenters. The first-order chi connectivity index (χ1) is 12.0. The molecule has 2 N–H and O–H groups in total. The average Bonchev–Trinajstić information content (AvgIpc) is 3.27. The third kappa shape index (κ3) is 3.86. The maximum atomic E-state index is 12.1. The summed E-state index contributed by atoms with van der Waals surface area (Å²) in [5.74, 6) is -0.733. The number of H-pyrrole nitrogens is 1. The van der Waals surface area contributed by atoms with E-state index in [9.17, 15) is 14.7 Å². The van der Waals surface area contributed by atoms with Crippen LogP contribution in [0, 0.1) is 0 Å². The minimum Gasteiger partial charge on any atom is -0.504 e. The van der Waals surface area contributed by atoms with Gasteiger partial charge in [0, 0.05) is 17.8 Å². The first-order valence-electron chi connectivity index (χ1n) is 7.47. The second-order valence-corrected chi connectivity index (χ2v) is 5.37. The standard InChI is InChI=1S/C17H15N5O3/c1-11(23)13-4-2-12(3-5-13)9-22-7-6-14(21-22)15(24)8-16(25)17-18-10-19-20-17/h2-8,10,25H,9H2,1H3,(H,18,19,20). The van der Waals surface area contributed by atoms with Crippen molar-refractivity contribution in [2.75, 3.05) is 0 Å². The van der Waals surface area contributed by atoms with Crippen LogP contribution in [0.2, 0.25) is 0 Å². The van der Waals surface area contributed by atoms with Crippen molar-refractivity contribution in [3.05, 3.63) is 71.6 Å². The Morgan fingerprint density at radius 2 is 2.00 bits per heavy atom. The number of rotatable bonds is 6. The molecule has 126 valence electrons. The smallest absolute Gasteiger partial charge is 0.215 e. The topological polar surface area (TPSA) is 114 Å². The normalized spacial score (nSPS) is 11.5. The highest BCUT2D eigenvalue weighted by Crippen LogP contribution is 2.09. The Kier molecular flexibility index (Phi) is 4.51. The summed E-state index contributed by atoms with van der Waals surface area (Å²) in [6.07, 6.45) is 4.00. The molecule has 0 aliphatic carbocycles. The van der Waals surface area contributed by atoms with Gasteiger partial charge in [-0.15, -0.1) is 0 Å². The second kappa shape index (κ2) is 6.91. The molecule has 8 nitrogen and oxygen atoms in total. The zero-order valence-corrected chi connectivity index (χ0v) is 13.4. The number of carbonyl (C=O) groups is 2. The molecule has 0 unspecified atom stereocenters. The molecule has 0 saturated carbocycles. The Balaban J connectivity index is 1.70. The molecule has 3 aromatic rings. The molecule has 2 heterocycles. The molecule has 0 fully saturated rings.